The number of rotatable bonds is 17. The Bertz CT molecular complexity index is 1900. The number of carbonyl (C=O) groups is 1. The van der Waals surface area contributed by atoms with Gasteiger partial charge in [-0.2, -0.15) is 5.26 Å². The Hall–Kier alpha value is -3.21. The third-order valence-corrected chi connectivity index (χ3v) is 12.1. The van der Waals surface area contributed by atoms with Crippen molar-refractivity contribution in [2.24, 2.45) is 0 Å². The summed E-state index contributed by atoms with van der Waals surface area (Å²) in [6.07, 6.45) is 5.00. The van der Waals surface area contributed by atoms with Crippen LogP contribution < -0.4 is 4.74 Å². The van der Waals surface area contributed by atoms with E-state index in [4.69, 9.17) is 27.9 Å². The van der Waals surface area contributed by atoms with Gasteiger partial charge in [-0.15, -0.1) is 0 Å². The topological polar surface area (TPSA) is 117 Å². The molecule has 9 nitrogen and oxygen atoms in total. The fourth-order valence-electron chi connectivity index (χ4n) is 6.54. The zero-order chi connectivity index (χ0) is 38.0. The average molecular weight is 787 g/mol. The van der Waals surface area contributed by atoms with Gasteiger partial charge < -0.3 is 19.1 Å². The van der Waals surface area contributed by atoms with Crippen LogP contribution in [0, 0.1) is 11.3 Å². The van der Waals surface area contributed by atoms with E-state index in [0.29, 0.717) is 52.2 Å². The number of amides is 1. The standard InChI is InChI=1S/C39H47Cl2N4O5S2/c1-6-21-44(23-24-51(5)47)22-9-8-10-38(46)45-35(34-26-37(52(48,49)43(3)4)30(27-42)25-36(34)50-7-2)20-19-33(28-11-15-31(40)16-12-28)39(45)29-13-17-32(41)18-14-29/h11-18,20,25-26,33,39H,5-10,19,21-24H2,1-4H3/q-1. The Morgan fingerprint density at radius 3 is 2.21 bits per heavy atom. The summed E-state index contributed by atoms with van der Waals surface area (Å²) >= 11 is 12.6. The summed E-state index contributed by atoms with van der Waals surface area (Å²) in [5.41, 5.74) is 2.69. The van der Waals surface area contributed by atoms with Gasteiger partial charge in [0.2, 0.25) is 15.9 Å². The number of carbonyl (C=O) groups excluding carboxylic acids is 1. The molecule has 3 atom stereocenters. The Kier molecular flexibility index (Phi) is 15.4. The number of allylic oxidation sites excluding steroid dienone is 1. The molecule has 0 saturated heterocycles. The largest absolute Gasteiger partial charge is 0.803 e. The number of hydrogen-bond acceptors (Lipinski definition) is 7. The van der Waals surface area contributed by atoms with E-state index < -0.39 is 26.8 Å². The van der Waals surface area contributed by atoms with Gasteiger partial charge >= 0.3 is 0 Å². The van der Waals surface area contributed by atoms with Crippen LogP contribution >= 0.6 is 34.0 Å². The summed E-state index contributed by atoms with van der Waals surface area (Å²) in [7, 11) is -2.36. The first-order valence-electron chi connectivity index (χ1n) is 17.4. The molecule has 1 heterocycles. The van der Waals surface area contributed by atoms with Gasteiger partial charge in [-0.3, -0.25) is 15.6 Å². The third kappa shape index (κ3) is 10.3. The van der Waals surface area contributed by atoms with Crippen LogP contribution in [-0.4, -0.2) is 84.9 Å². The number of nitriles is 1. The minimum atomic E-state index is -4.05. The molecule has 0 saturated carbocycles. The van der Waals surface area contributed by atoms with Gasteiger partial charge in [-0.25, -0.2) is 12.7 Å². The highest BCUT2D eigenvalue weighted by Crippen LogP contribution is 2.49. The normalized spacial score (nSPS) is 16.8. The zero-order valence-corrected chi connectivity index (χ0v) is 33.3. The number of halogens is 2. The number of nitrogens with zero attached hydrogens (tertiary/aromatic N) is 4. The molecule has 1 amide bonds. The van der Waals surface area contributed by atoms with E-state index in [2.05, 4.69) is 17.7 Å². The maximum atomic E-state index is 14.8. The molecule has 280 valence electrons. The molecule has 0 fully saturated rings. The van der Waals surface area contributed by atoms with Crippen molar-refractivity contribution in [3.63, 3.8) is 0 Å². The molecule has 0 bridgehead atoms. The average Bonchev–Trinajstić information content (AvgIpc) is 3.12. The lowest BCUT2D eigenvalue weighted by molar-refractivity contribution is -0.130. The molecule has 0 aromatic heterocycles. The molecule has 3 aromatic carbocycles. The van der Waals surface area contributed by atoms with Gasteiger partial charge in [-0.1, -0.05) is 66.3 Å². The Morgan fingerprint density at radius 2 is 1.65 bits per heavy atom. The van der Waals surface area contributed by atoms with E-state index in [1.54, 1.807) is 17.0 Å². The van der Waals surface area contributed by atoms with Gasteiger partial charge in [0.1, 0.15) is 16.7 Å². The van der Waals surface area contributed by atoms with Crippen LogP contribution in [0.3, 0.4) is 0 Å². The second kappa shape index (κ2) is 19.2. The van der Waals surface area contributed by atoms with Crippen molar-refractivity contribution < 1.29 is 22.5 Å². The highest BCUT2D eigenvalue weighted by Gasteiger charge is 2.40. The van der Waals surface area contributed by atoms with Crippen LogP contribution in [0.4, 0.5) is 0 Å². The molecule has 13 heteroatoms. The molecule has 3 unspecified atom stereocenters. The molecule has 4 rings (SSSR count). The lowest BCUT2D eigenvalue weighted by atomic mass is 9.79. The summed E-state index contributed by atoms with van der Waals surface area (Å²) in [6.45, 7) is 6.46. The number of benzene rings is 3. The Balaban J connectivity index is 1.87. The van der Waals surface area contributed by atoms with E-state index >= 15 is 0 Å². The minimum absolute atomic E-state index is 0.0530. The van der Waals surface area contributed by atoms with Crippen LogP contribution in [0.1, 0.15) is 80.2 Å². The molecule has 1 aliphatic rings. The van der Waals surface area contributed by atoms with E-state index in [9.17, 15) is 23.0 Å². The smallest absolute Gasteiger partial charge is 0.243 e. The zero-order valence-electron chi connectivity index (χ0n) is 30.2. The van der Waals surface area contributed by atoms with Crippen molar-refractivity contribution in [1.82, 2.24) is 14.1 Å². The Morgan fingerprint density at radius 1 is 1.02 bits per heavy atom. The fourth-order valence-corrected chi connectivity index (χ4v) is 8.30. The summed E-state index contributed by atoms with van der Waals surface area (Å²) < 4.78 is 45.9. The molecule has 1 aliphatic heterocycles. The van der Waals surface area contributed by atoms with E-state index in [-0.39, 0.29) is 35.3 Å². The third-order valence-electron chi connectivity index (χ3n) is 9.09. The summed E-state index contributed by atoms with van der Waals surface area (Å²) in [5, 5.41) is 11.2. The quantitative estimate of drug-likeness (QED) is 0.0998. The maximum Gasteiger partial charge on any atom is 0.243 e. The Labute approximate surface area is 321 Å². The van der Waals surface area contributed by atoms with E-state index in [1.807, 2.05) is 55.5 Å². The first kappa shape index (κ1) is 41.5. The van der Waals surface area contributed by atoms with Gasteiger partial charge in [0, 0.05) is 48.6 Å². The molecule has 0 N–H and O–H groups in total. The van der Waals surface area contributed by atoms with Crippen molar-refractivity contribution in [1.29, 1.82) is 5.26 Å². The molecule has 52 heavy (non-hydrogen) atoms. The van der Waals surface area contributed by atoms with Crippen molar-refractivity contribution in [3.05, 3.63) is 99.0 Å². The van der Waals surface area contributed by atoms with Crippen molar-refractivity contribution in [3.8, 4) is 11.8 Å². The van der Waals surface area contributed by atoms with Gasteiger partial charge in [-0.05, 0) is 99.0 Å². The SMILES string of the molecule is C=S([O-])CCN(CCC)CCCCC(=O)N1C(c2cc(S(=O)(=O)N(C)C)c(C#N)cc2OCC)=CCC(c2ccc(Cl)cc2)C1c1ccc(Cl)cc1. The first-order valence-corrected chi connectivity index (χ1v) is 21.1. The van der Waals surface area contributed by atoms with Crippen LogP contribution in [0.5, 0.6) is 5.75 Å². The number of hydrogen-bond donors (Lipinski definition) is 0. The molecule has 0 radical (unpaired) electrons. The van der Waals surface area contributed by atoms with Gasteiger partial charge in [0.05, 0.1) is 23.9 Å². The van der Waals surface area contributed by atoms with Crippen molar-refractivity contribution >= 4 is 61.5 Å². The second-order valence-electron chi connectivity index (χ2n) is 12.9. The molecular weight excluding hydrogens is 739 g/mol. The van der Waals surface area contributed by atoms with Crippen LogP contribution in [0.15, 0.2) is 71.6 Å². The lowest BCUT2D eigenvalue weighted by Crippen LogP contribution is -2.39. The van der Waals surface area contributed by atoms with E-state index in [0.717, 1.165) is 41.4 Å². The van der Waals surface area contributed by atoms with Crippen LogP contribution in [0.2, 0.25) is 10.0 Å². The summed E-state index contributed by atoms with van der Waals surface area (Å²) in [5.74, 6) is 4.08. The van der Waals surface area contributed by atoms with Gasteiger partial charge in [0.15, 0.2) is 0 Å². The van der Waals surface area contributed by atoms with E-state index in [1.165, 1.54) is 26.2 Å². The number of unbranched alkanes of at least 4 members (excludes halogenated alkanes) is 1. The molecule has 0 aliphatic carbocycles. The monoisotopic (exact) mass is 785 g/mol. The summed E-state index contributed by atoms with van der Waals surface area (Å²) in [4.78, 5) is 18.6. The van der Waals surface area contributed by atoms with Crippen LogP contribution in [0.25, 0.3) is 5.70 Å². The summed E-state index contributed by atoms with van der Waals surface area (Å²) in [6, 6.07) is 19.5. The molecule has 0 spiro atoms. The minimum Gasteiger partial charge on any atom is -0.803 e. The predicted octanol–water partition coefficient (Wildman–Crippen LogP) is 8.33. The number of ether oxygens (including phenoxy) is 1. The second-order valence-corrected chi connectivity index (χ2v) is 17.1. The lowest BCUT2D eigenvalue weighted by Gasteiger charge is -2.43. The molecular formula is C39H47Cl2N4O5S2-. The van der Waals surface area contributed by atoms with Crippen molar-refractivity contribution in [2.75, 3.05) is 46.1 Å². The highest BCUT2D eigenvalue weighted by atomic mass is 35.5. The maximum absolute atomic E-state index is 14.8. The predicted molar refractivity (Wildman–Crippen MR) is 212 cm³/mol. The fraction of sp³-hybridized carbons (Fsp3) is 0.410. The number of sulfonamides is 1. The highest BCUT2D eigenvalue weighted by molar-refractivity contribution is 8.09. The first-order chi connectivity index (χ1) is 24.8. The van der Waals surface area contributed by atoms with Crippen molar-refractivity contribution in [2.45, 2.75) is 62.8 Å². The van der Waals surface area contributed by atoms with Gasteiger partial charge in [0.25, 0.3) is 0 Å². The van der Waals surface area contributed by atoms with Crippen LogP contribution in [-0.2, 0) is 14.8 Å². The molecule has 3 aromatic rings.